The third-order valence-electron chi connectivity index (χ3n) is 2.78. The molecule has 0 aliphatic rings. The van der Waals surface area contributed by atoms with Gasteiger partial charge in [-0.1, -0.05) is 30.7 Å². The summed E-state index contributed by atoms with van der Waals surface area (Å²) < 4.78 is 37.6. The van der Waals surface area contributed by atoms with Crippen LogP contribution in [0.1, 0.15) is 18.3 Å². The van der Waals surface area contributed by atoms with E-state index in [1.54, 1.807) is 10.6 Å². The monoisotopic (exact) mass is 336 g/mol. The molecular weight excluding hydrogens is 326 g/mol. The quantitative estimate of drug-likeness (QED) is 0.805. The topological polar surface area (TPSA) is 52.0 Å². The van der Waals surface area contributed by atoms with Gasteiger partial charge in [0, 0.05) is 23.3 Å². The second-order valence-electron chi connectivity index (χ2n) is 4.13. The van der Waals surface area contributed by atoms with Crippen LogP contribution in [-0.2, 0) is 22.0 Å². The zero-order valence-corrected chi connectivity index (χ0v) is 12.8. The van der Waals surface area contributed by atoms with Crippen LogP contribution in [0.2, 0.25) is 5.02 Å². The van der Waals surface area contributed by atoms with Gasteiger partial charge in [-0.2, -0.15) is 0 Å². The number of halogens is 3. The number of nitrogens with zero attached hydrogens (tertiary/aromatic N) is 2. The largest absolute Gasteiger partial charge is 0.329 e. The van der Waals surface area contributed by atoms with Crippen LogP contribution >= 0.6 is 22.3 Å². The molecule has 0 atom stereocenters. The Kier molecular flexibility index (Phi) is 4.36. The maximum atomic E-state index is 13.4. The number of hydrogen-bond donors (Lipinski definition) is 0. The van der Waals surface area contributed by atoms with Crippen LogP contribution < -0.4 is 0 Å². The lowest BCUT2D eigenvalue weighted by atomic mass is 10.2. The zero-order valence-electron chi connectivity index (χ0n) is 10.5. The van der Waals surface area contributed by atoms with E-state index in [2.05, 4.69) is 4.98 Å². The Bertz CT molecular complexity index is 744. The van der Waals surface area contributed by atoms with E-state index in [9.17, 15) is 12.8 Å². The van der Waals surface area contributed by atoms with Crippen molar-refractivity contribution in [2.45, 2.75) is 24.9 Å². The number of imidazole rings is 1. The van der Waals surface area contributed by atoms with Crippen LogP contribution in [0, 0.1) is 5.82 Å². The van der Waals surface area contributed by atoms with Gasteiger partial charge < -0.3 is 4.57 Å². The zero-order chi connectivity index (χ0) is 14.9. The van der Waals surface area contributed by atoms with Crippen LogP contribution in [0.3, 0.4) is 0 Å². The lowest BCUT2D eigenvalue weighted by Crippen LogP contribution is -2.04. The van der Waals surface area contributed by atoms with Crippen molar-refractivity contribution < 1.29 is 12.8 Å². The number of rotatable bonds is 4. The summed E-state index contributed by atoms with van der Waals surface area (Å²) in [7, 11) is 1.38. The molecule has 1 aromatic heterocycles. The maximum Gasteiger partial charge on any atom is 0.280 e. The van der Waals surface area contributed by atoms with E-state index < -0.39 is 14.9 Å². The van der Waals surface area contributed by atoms with Crippen molar-refractivity contribution in [2.75, 3.05) is 0 Å². The van der Waals surface area contributed by atoms with Crippen molar-refractivity contribution in [3.05, 3.63) is 46.6 Å². The smallest absolute Gasteiger partial charge is 0.280 e. The Morgan fingerprint density at radius 3 is 2.70 bits per heavy atom. The van der Waals surface area contributed by atoms with Crippen molar-refractivity contribution in [2.24, 2.45) is 0 Å². The lowest BCUT2D eigenvalue weighted by molar-refractivity contribution is 0.606. The minimum Gasteiger partial charge on any atom is -0.329 e. The van der Waals surface area contributed by atoms with Gasteiger partial charge in [0.1, 0.15) is 11.6 Å². The highest BCUT2D eigenvalue weighted by molar-refractivity contribution is 8.13. The molecule has 0 unspecified atom stereocenters. The van der Waals surface area contributed by atoms with Crippen LogP contribution in [0.5, 0.6) is 0 Å². The fourth-order valence-electron chi connectivity index (χ4n) is 1.82. The third-order valence-corrected chi connectivity index (χ3v) is 4.37. The summed E-state index contributed by atoms with van der Waals surface area (Å²) in [6.45, 7) is 2.05. The summed E-state index contributed by atoms with van der Waals surface area (Å²) in [6, 6.07) is 4.47. The fraction of sp³-hybridized carbons (Fsp3) is 0.250. The molecule has 0 radical (unpaired) electrons. The number of aryl methyl sites for hydroxylation is 1. The Balaban J connectivity index is 2.43. The summed E-state index contributed by atoms with van der Waals surface area (Å²) in [4.78, 5) is 3.95. The van der Waals surface area contributed by atoms with E-state index in [0.717, 1.165) is 0 Å². The molecule has 2 rings (SSSR count). The van der Waals surface area contributed by atoms with E-state index in [4.69, 9.17) is 22.3 Å². The SMILES string of the molecule is CCc1nc(S(=O)(=O)Cl)cn1Cc1cccc(F)c1Cl. The van der Waals surface area contributed by atoms with E-state index >= 15 is 0 Å². The van der Waals surface area contributed by atoms with E-state index in [-0.39, 0.29) is 16.6 Å². The summed E-state index contributed by atoms with van der Waals surface area (Å²) in [5.41, 5.74) is 0.539. The summed E-state index contributed by atoms with van der Waals surface area (Å²) in [6.07, 6.45) is 1.84. The normalized spacial score (nSPS) is 11.8. The predicted octanol–water partition coefficient (Wildman–Crippen LogP) is 3.21. The van der Waals surface area contributed by atoms with Gasteiger partial charge in [-0.3, -0.25) is 0 Å². The average molecular weight is 337 g/mol. The molecule has 0 saturated heterocycles. The molecule has 0 aliphatic carbocycles. The molecule has 0 saturated carbocycles. The molecule has 2 aromatic rings. The highest BCUT2D eigenvalue weighted by atomic mass is 35.7. The molecule has 0 spiro atoms. The van der Waals surface area contributed by atoms with Gasteiger partial charge in [-0.15, -0.1) is 0 Å². The highest BCUT2D eigenvalue weighted by Crippen LogP contribution is 2.22. The van der Waals surface area contributed by atoms with Gasteiger partial charge in [0.05, 0.1) is 11.6 Å². The highest BCUT2D eigenvalue weighted by Gasteiger charge is 2.18. The first-order valence-electron chi connectivity index (χ1n) is 5.76. The first-order chi connectivity index (χ1) is 9.32. The number of benzene rings is 1. The van der Waals surface area contributed by atoms with Crippen molar-refractivity contribution in [1.29, 1.82) is 0 Å². The van der Waals surface area contributed by atoms with Crippen LogP contribution in [0.4, 0.5) is 4.39 Å². The van der Waals surface area contributed by atoms with E-state index in [0.29, 0.717) is 17.8 Å². The Morgan fingerprint density at radius 2 is 2.10 bits per heavy atom. The second-order valence-corrected chi connectivity index (χ2v) is 7.02. The van der Waals surface area contributed by atoms with Crippen molar-refractivity contribution >= 4 is 31.3 Å². The van der Waals surface area contributed by atoms with Crippen LogP contribution in [0.15, 0.2) is 29.4 Å². The molecule has 0 fully saturated rings. The van der Waals surface area contributed by atoms with Crippen LogP contribution in [0.25, 0.3) is 0 Å². The van der Waals surface area contributed by atoms with E-state index in [1.165, 1.54) is 18.3 Å². The standard InChI is InChI=1S/C12H11Cl2FN2O2S/c1-2-10-16-11(20(14,18)19)7-17(10)6-8-4-3-5-9(15)12(8)13/h3-5,7H,2,6H2,1H3. The molecule has 1 heterocycles. The van der Waals surface area contributed by atoms with Crippen LogP contribution in [-0.4, -0.2) is 18.0 Å². The molecule has 1 aromatic carbocycles. The molecule has 108 valence electrons. The molecular formula is C12H11Cl2FN2O2S. The lowest BCUT2D eigenvalue weighted by Gasteiger charge is -2.08. The minimum absolute atomic E-state index is 0.0125. The Hall–Kier alpha value is -1.11. The maximum absolute atomic E-state index is 13.4. The second kappa shape index (κ2) is 5.71. The number of hydrogen-bond acceptors (Lipinski definition) is 3. The van der Waals surface area contributed by atoms with Gasteiger partial charge in [0.25, 0.3) is 9.05 Å². The molecule has 0 aliphatic heterocycles. The van der Waals surface area contributed by atoms with Gasteiger partial charge >= 0.3 is 0 Å². The van der Waals surface area contributed by atoms with Crippen molar-refractivity contribution in [1.82, 2.24) is 9.55 Å². The minimum atomic E-state index is -3.89. The number of aromatic nitrogens is 2. The van der Waals surface area contributed by atoms with Crippen molar-refractivity contribution in [3.8, 4) is 0 Å². The Morgan fingerprint density at radius 1 is 1.40 bits per heavy atom. The van der Waals surface area contributed by atoms with E-state index in [1.807, 2.05) is 6.92 Å². The summed E-state index contributed by atoms with van der Waals surface area (Å²) in [5, 5.41) is -0.206. The molecule has 0 N–H and O–H groups in total. The molecule has 0 amide bonds. The van der Waals surface area contributed by atoms with Crippen molar-refractivity contribution in [3.63, 3.8) is 0 Å². The Labute approximate surface area is 125 Å². The average Bonchev–Trinajstić information content (AvgIpc) is 2.78. The summed E-state index contributed by atoms with van der Waals surface area (Å²) in [5.74, 6) is 0.0112. The molecule has 4 nitrogen and oxygen atoms in total. The first kappa shape index (κ1) is 15.3. The molecule has 20 heavy (non-hydrogen) atoms. The third kappa shape index (κ3) is 3.13. The molecule has 8 heteroatoms. The first-order valence-corrected chi connectivity index (χ1v) is 8.45. The summed E-state index contributed by atoms with van der Waals surface area (Å²) >= 11 is 5.88. The van der Waals surface area contributed by atoms with Gasteiger partial charge in [-0.05, 0) is 11.6 Å². The van der Waals surface area contributed by atoms with Gasteiger partial charge in [0.15, 0.2) is 5.03 Å². The molecule has 0 bridgehead atoms. The predicted molar refractivity (Wildman–Crippen MR) is 75.2 cm³/mol. The van der Waals surface area contributed by atoms with Gasteiger partial charge in [0.2, 0.25) is 0 Å². The fourth-order valence-corrected chi connectivity index (χ4v) is 2.70. The van der Waals surface area contributed by atoms with Gasteiger partial charge in [-0.25, -0.2) is 17.8 Å².